The molecular weight excluding hydrogens is 560 g/mol. The quantitative estimate of drug-likeness (QED) is 0.108. The number of ether oxygens (including phenoxy) is 1. The third kappa shape index (κ3) is 6.17. The van der Waals surface area contributed by atoms with E-state index in [9.17, 15) is 24.9 Å². The monoisotopic (exact) mass is 594 g/mol. The van der Waals surface area contributed by atoms with Crippen molar-refractivity contribution in [3.05, 3.63) is 77.9 Å². The largest absolute Gasteiger partial charge is 0.412 e. The lowest BCUT2D eigenvalue weighted by atomic mass is 9.93. The van der Waals surface area contributed by atoms with Crippen LogP contribution in [0, 0.1) is 0 Å². The second-order valence-electron chi connectivity index (χ2n) is 9.95. The first-order chi connectivity index (χ1) is 20.3. The van der Waals surface area contributed by atoms with Gasteiger partial charge in [-0.25, -0.2) is 15.0 Å². The van der Waals surface area contributed by atoms with Gasteiger partial charge in [-0.1, -0.05) is 36.4 Å². The smallest absolute Gasteiger partial charge is 0.228 e. The zero-order chi connectivity index (χ0) is 29.9. The number of aliphatic hydroxyl groups excluding tert-OH is 3. The van der Waals surface area contributed by atoms with E-state index in [-0.39, 0.29) is 47.1 Å². The van der Waals surface area contributed by atoms with E-state index in [0.717, 1.165) is 5.56 Å². The number of nitrogens with two attached hydrogens (primary N) is 2. The normalized spacial score (nSPS) is 21.3. The van der Waals surface area contributed by atoms with E-state index in [2.05, 4.69) is 25.6 Å². The van der Waals surface area contributed by atoms with Crippen molar-refractivity contribution in [2.45, 2.75) is 36.9 Å². The molecule has 11 N–H and O–H groups in total. The molecule has 2 aromatic carbocycles. The molecule has 0 radical (unpaired) electrons. The molecule has 43 heavy (non-hydrogen) atoms. The maximum absolute atomic E-state index is 12.8. The Morgan fingerprint density at radius 3 is 2.26 bits per heavy atom. The minimum atomic E-state index is -1.70. The fourth-order valence-electron chi connectivity index (χ4n) is 5.04. The van der Waals surface area contributed by atoms with Crippen LogP contribution in [0.4, 0.5) is 11.5 Å². The standard InChI is InChI=1S/C28H32N8O6.H2O/c29-9-10-31-21(38)11-17-3-7-19(8-4-17)35-22(39)12-16-1-5-18(6-2-16)28(25(41)24(40)20(13-37)42-28)36-15-34-23-26(30)32-14-33-27(23)36;/h1-8,14-15,20,24-25,37,40-41H,9-13,29H2,(H,31,38)(H,35,39)(H2,30,32,33);1H2/t20-,24-,25-,28-;/m1./s1. The SMILES string of the molecule is NCCNC(=O)Cc1ccc(NC(=O)Cc2ccc([C@@]3(n4cnc5c(N)ncnc54)O[C@H](CO)[C@@H](O)[C@H]3O)cc2)cc1.O. The average Bonchev–Trinajstić information content (AvgIpc) is 3.54. The maximum atomic E-state index is 12.8. The van der Waals surface area contributed by atoms with Crippen molar-refractivity contribution in [2.24, 2.45) is 5.73 Å². The summed E-state index contributed by atoms with van der Waals surface area (Å²) in [6, 6.07) is 13.7. The first kappa shape index (κ1) is 31.4. The van der Waals surface area contributed by atoms with Gasteiger partial charge in [0.1, 0.15) is 30.2 Å². The van der Waals surface area contributed by atoms with Crippen molar-refractivity contribution in [1.29, 1.82) is 0 Å². The Morgan fingerprint density at radius 2 is 1.63 bits per heavy atom. The Bertz CT molecular complexity index is 1560. The lowest BCUT2D eigenvalue weighted by Crippen LogP contribution is -2.46. The number of nitrogens with zero attached hydrogens (tertiary/aromatic N) is 4. The number of aromatic nitrogens is 4. The molecule has 15 nitrogen and oxygen atoms in total. The van der Waals surface area contributed by atoms with Gasteiger partial charge in [-0.05, 0) is 23.3 Å². The second-order valence-corrected chi connectivity index (χ2v) is 9.95. The average molecular weight is 595 g/mol. The zero-order valence-electron chi connectivity index (χ0n) is 23.1. The van der Waals surface area contributed by atoms with Crippen molar-refractivity contribution >= 4 is 34.5 Å². The number of rotatable bonds is 10. The lowest BCUT2D eigenvalue weighted by molar-refractivity contribution is -0.120. The highest BCUT2D eigenvalue weighted by atomic mass is 16.6. The number of fused-ring (bicyclic) bond motifs is 1. The van der Waals surface area contributed by atoms with Gasteiger partial charge >= 0.3 is 0 Å². The molecule has 0 unspecified atom stereocenters. The minimum Gasteiger partial charge on any atom is -0.412 e. The number of hydrogen-bond donors (Lipinski definition) is 7. The lowest BCUT2D eigenvalue weighted by Gasteiger charge is -2.34. The van der Waals surface area contributed by atoms with E-state index in [1.807, 2.05) is 0 Å². The first-order valence-electron chi connectivity index (χ1n) is 13.3. The maximum Gasteiger partial charge on any atom is 0.228 e. The zero-order valence-corrected chi connectivity index (χ0v) is 23.1. The summed E-state index contributed by atoms with van der Waals surface area (Å²) in [6.07, 6.45) is -1.11. The predicted octanol–water partition coefficient (Wildman–Crippen LogP) is -1.80. The molecule has 4 aromatic rings. The number of carbonyl (C=O) groups excluding carboxylic acids is 2. The van der Waals surface area contributed by atoms with Gasteiger partial charge in [0, 0.05) is 24.3 Å². The fourth-order valence-corrected chi connectivity index (χ4v) is 5.04. The number of imidazole rings is 1. The Hall–Kier alpha value is -4.51. The Kier molecular flexibility index (Phi) is 9.65. The van der Waals surface area contributed by atoms with Gasteiger partial charge in [-0.2, -0.15) is 0 Å². The summed E-state index contributed by atoms with van der Waals surface area (Å²) in [5.41, 5.74) is 12.7. The van der Waals surface area contributed by atoms with Crippen molar-refractivity contribution < 1.29 is 35.1 Å². The van der Waals surface area contributed by atoms with Gasteiger partial charge in [-0.15, -0.1) is 0 Å². The highest BCUT2D eigenvalue weighted by molar-refractivity contribution is 5.92. The molecule has 0 bridgehead atoms. The van der Waals surface area contributed by atoms with Gasteiger partial charge in [0.05, 0.1) is 25.8 Å². The fraction of sp³-hybridized carbons (Fsp3) is 0.321. The molecule has 1 aliphatic heterocycles. The van der Waals surface area contributed by atoms with Crippen LogP contribution in [0.2, 0.25) is 0 Å². The van der Waals surface area contributed by atoms with Crippen LogP contribution in [0.5, 0.6) is 0 Å². The topological polar surface area (TPSA) is 255 Å². The molecule has 15 heteroatoms. The molecule has 4 atom stereocenters. The number of nitrogens with one attached hydrogen (secondary N) is 2. The van der Waals surface area contributed by atoms with Crippen LogP contribution >= 0.6 is 0 Å². The molecule has 1 aliphatic rings. The van der Waals surface area contributed by atoms with Gasteiger partial charge in [-0.3, -0.25) is 14.2 Å². The molecule has 1 fully saturated rings. The van der Waals surface area contributed by atoms with E-state index >= 15 is 0 Å². The van der Waals surface area contributed by atoms with Gasteiger partial charge in [0.15, 0.2) is 11.5 Å². The van der Waals surface area contributed by atoms with Gasteiger partial charge in [0.25, 0.3) is 0 Å². The molecule has 2 amide bonds. The van der Waals surface area contributed by atoms with Crippen LogP contribution in [-0.2, 0) is 32.9 Å². The number of aliphatic hydroxyl groups is 3. The van der Waals surface area contributed by atoms with Crippen LogP contribution in [-0.4, -0.2) is 90.1 Å². The summed E-state index contributed by atoms with van der Waals surface area (Å²) in [7, 11) is 0. The van der Waals surface area contributed by atoms with Crippen molar-refractivity contribution in [3.8, 4) is 0 Å². The van der Waals surface area contributed by atoms with E-state index in [1.165, 1.54) is 17.2 Å². The number of hydrogen-bond acceptors (Lipinski definition) is 11. The summed E-state index contributed by atoms with van der Waals surface area (Å²) < 4.78 is 7.57. The van der Waals surface area contributed by atoms with Crippen LogP contribution < -0.4 is 22.1 Å². The summed E-state index contributed by atoms with van der Waals surface area (Å²) in [5.74, 6) is -0.255. The van der Waals surface area contributed by atoms with Crippen LogP contribution in [0.3, 0.4) is 0 Å². The number of nitrogen functional groups attached to an aromatic ring is 1. The minimum absolute atomic E-state index is 0. The second kappa shape index (κ2) is 13.2. The number of amides is 2. The van der Waals surface area contributed by atoms with Gasteiger partial charge < -0.3 is 47.6 Å². The molecule has 5 rings (SSSR count). The predicted molar refractivity (Wildman–Crippen MR) is 155 cm³/mol. The first-order valence-corrected chi connectivity index (χ1v) is 13.3. The molecule has 0 saturated carbocycles. The molecule has 1 saturated heterocycles. The number of anilines is 2. The van der Waals surface area contributed by atoms with Crippen LogP contribution in [0.1, 0.15) is 16.7 Å². The van der Waals surface area contributed by atoms with Crippen molar-refractivity contribution in [2.75, 3.05) is 30.7 Å². The third-order valence-corrected chi connectivity index (χ3v) is 7.14. The van der Waals surface area contributed by atoms with Crippen LogP contribution in [0.15, 0.2) is 61.2 Å². The Balaban J connectivity index is 0.00000423. The van der Waals surface area contributed by atoms with E-state index < -0.39 is 30.6 Å². The number of benzene rings is 2. The van der Waals surface area contributed by atoms with Gasteiger partial charge in [0.2, 0.25) is 17.5 Å². The molecule has 0 aliphatic carbocycles. The number of carbonyl (C=O) groups is 2. The summed E-state index contributed by atoms with van der Waals surface area (Å²) in [6.45, 7) is 0.249. The highest BCUT2D eigenvalue weighted by Gasteiger charge is 2.57. The summed E-state index contributed by atoms with van der Waals surface area (Å²) >= 11 is 0. The van der Waals surface area contributed by atoms with Crippen molar-refractivity contribution in [3.63, 3.8) is 0 Å². The molecule has 2 aromatic heterocycles. The van der Waals surface area contributed by atoms with E-state index in [0.29, 0.717) is 29.9 Å². The third-order valence-electron chi connectivity index (χ3n) is 7.14. The highest BCUT2D eigenvalue weighted by Crippen LogP contribution is 2.43. The van der Waals surface area contributed by atoms with E-state index in [4.69, 9.17) is 16.2 Å². The summed E-state index contributed by atoms with van der Waals surface area (Å²) in [5, 5.41) is 37.3. The Labute approximate surface area is 245 Å². The summed E-state index contributed by atoms with van der Waals surface area (Å²) in [4.78, 5) is 37.1. The molecular formula is C28H34N8O7. The molecule has 3 heterocycles. The van der Waals surface area contributed by atoms with E-state index in [1.54, 1.807) is 48.5 Å². The van der Waals surface area contributed by atoms with Crippen LogP contribution in [0.25, 0.3) is 11.2 Å². The molecule has 228 valence electrons. The molecule has 0 spiro atoms. The van der Waals surface area contributed by atoms with Crippen molar-refractivity contribution in [1.82, 2.24) is 24.8 Å². The Morgan fingerprint density at radius 1 is 0.977 bits per heavy atom.